The van der Waals surface area contributed by atoms with Crippen molar-refractivity contribution >= 4 is 23.2 Å². The van der Waals surface area contributed by atoms with Gasteiger partial charge >= 0.3 is 0 Å². The highest BCUT2D eigenvalue weighted by Gasteiger charge is 2.42. The Kier molecular flexibility index (Phi) is 9.17. The number of piperazine rings is 1. The zero-order valence-corrected chi connectivity index (χ0v) is 25.6. The Morgan fingerprint density at radius 2 is 1.71 bits per heavy atom. The highest BCUT2D eigenvalue weighted by atomic mass is 19.1. The zero-order chi connectivity index (χ0) is 29.9. The molecule has 1 spiro atoms. The van der Waals surface area contributed by atoms with E-state index in [0.717, 1.165) is 57.1 Å². The van der Waals surface area contributed by atoms with Gasteiger partial charge in [0.1, 0.15) is 29.6 Å². The number of nitrogens with zero attached hydrogens (tertiary/aromatic N) is 6. The first-order valence-corrected chi connectivity index (χ1v) is 15.2. The molecule has 42 heavy (non-hydrogen) atoms. The largest absolute Gasteiger partial charge is 0.370 e. The third-order valence-corrected chi connectivity index (χ3v) is 9.08. The molecule has 1 amide bonds. The summed E-state index contributed by atoms with van der Waals surface area (Å²) in [5.74, 6) is 0.579. The molecule has 0 bridgehead atoms. The van der Waals surface area contributed by atoms with Crippen molar-refractivity contribution in [2.24, 2.45) is 5.41 Å². The van der Waals surface area contributed by atoms with Crippen LogP contribution < -0.4 is 20.4 Å². The predicted octanol–water partition coefficient (Wildman–Crippen LogP) is 3.72. The van der Waals surface area contributed by atoms with Crippen LogP contribution in [0.4, 0.5) is 26.1 Å². The molecule has 2 aromatic rings. The maximum absolute atomic E-state index is 15.5. The van der Waals surface area contributed by atoms with Gasteiger partial charge in [-0.1, -0.05) is 13.8 Å². The minimum absolute atomic E-state index is 0.0111. The van der Waals surface area contributed by atoms with Gasteiger partial charge in [-0.25, -0.2) is 18.7 Å². The van der Waals surface area contributed by atoms with Crippen LogP contribution in [-0.4, -0.2) is 97.7 Å². The van der Waals surface area contributed by atoms with Crippen molar-refractivity contribution in [3.63, 3.8) is 0 Å². The minimum Gasteiger partial charge on any atom is -0.370 e. The second-order valence-corrected chi connectivity index (χ2v) is 13.4. The molecule has 2 N–H and O–H groups in total. The number of aromatic nitrogens is 2. The van der Waals surface area contributed by atoms with E-state index in [4.69, 9.17) is 0 Å². The van der Waals surface area contributed by atoms with Gasteiger partial charge in [-0.15, -0.1) is 0 Å². The quantitative estimate of drug-likeness (QED) is 0.432. The first-order valence-electron chi connectivity index (χ1n) is 15.2. The molecule has 1 aromatic carbocycles. The number of likely N-dealkylation sites (tertiary alicyclic amines) is 1. The molecule has 3 aliphatic heterocycles. The van der Waals surface area contributed by atoms with Gasteiger partial charge in [0.2, 0.25) is 5.91 Å². The Morgan fingerprint density at radius 1 is 0.976 bits per heavy atom. The normalized spacial score (nSPS) is 20.7. The van der Waals surface area contributed by atoms with Crippen LogP contribution in [-0.2, 0) is 11.3 Å². The van der Waals surface area contributed by atoms with Crippen LogP contribution in [0.3, 0.4) is 0 Å². The summed E-state index contributed by atoms with van der Waals surface area (Å²) >= 11 is 0. The Labute approximate surface area is 248 Å². The summed E-state index contributed by atoms with van der Waals surface area (Å²) in [7, 11) is 4.12. The number of anilines is 3. The van der Waals surface area contributed by atoms with Gasteiger partial charge in [-0.3, -0.25) is 9.69 Å². The fourth-order valence-corrected chi connectivity index (χ4v) is 6.31. The molecule has 11 heteroatoms. The second kappa shape index (κ2) is 12.7. The Bertz CT molecular complexity index is 1240. The molecule has 9 nitrogen and oxygen atoms in total. The van der Waals surface area contributed by atoms with Crippen LogP contribution in [0, 0.1) is 17.0 Å². The molecule has 5 rings (SSSR count). The highest BCUT2D eigenvalue weighted by molar-refractivity contribution is 5.84. The lowest BCUT2D eigenvalue weighted by atomic mass is 9.82. The van der Waals surface area contributed by atoms with Crippen molar-refractivity contribution < 1.29 is 13.6 Å². The van der Waals surface area contributed by atoms with Crippen molar-refractivity contribution in [1.82, 2.24) is 25.1 Å². The molecule has 3 fully saturated rings. The fraction of sp³-hybridized carbons (Fsp3) is 0.645. The maximum atomic E-state index is 15.5. The molecule has 1 aromatic heterocycles. The average molecular weight is 585 g/mol. The van der Waals surface area contributed by atoms with Gasteiger partial charge in [0.15, 0.2) is 0 Å². The third-order valence-electron chi connectivity index (χ3n) is 9.08. The van der Waals surface area contributed by atoms with E-state index < -0.39 is 17.2 Å². The Hall–Kier alpha value is -3.05. The topological polar surface area (TPSA) is 79.9 Å². The number of carbonyl (C=O) groups is 1. The third kappa shape index (κ3) is 7.47. The molecule has 3 aliphatic rings. The molecular weight excluding hydrogens is 538 g/mol. The molecule has 0 saturated carbocycles. The number of hydrogen-bond donors (Lipinski definition) is 2. The summed E-state index contributed by atoms with van der Waals surface area (Å²) in [6.45, 7) is 10.3. The SMILES string of the molecule is CN(C)CCCNc1cc(N2CCC3(CC2)CN(c2cc(F)c(CN4CCC(C)(C)CC4)cc2F)CC(=O)N3)ncn1. The number of nitrogens with one attached hydrogen (secondary N) is 2. The predicted molar refractivity (Wildman–Crippen MR) is 163 cm³/mol. The summed E-state index contributed by atoms with van der Waals surface area (Å²) < 4.78 is 30.7. The van der Waals surface area contributed by atoms with Crippen molar-refractivity contribution in [2.75, 3.05) is 81.6 Å². The summed E-state index contributed by atoms with van der Waals surface area (Å²) in [4.78, 5) is 29.9. The maximum Gasteiger partial charge on any atom is 0.240 e. The first kappa shape index (κ1) is 30.4. The van der Waals surface area contributed by atoms with Gasteiger partial charge < -0.3 is 25.3 Å². The molecule has 0 unspecified atom stereocenters. The summed E-state index contributed by atoms with van der Waals surface area (Å²) in [5.41, 5.74) is 0.324. The molecular formula is C31H46F2N8O. The smallest absolute Gasteiger partial charge is 0.240 e. The van der Waals surface area contributed by atoms with Crippen molar-refractivity contribution in [2.45, 2.75) is 58.0 Å². The molecule has 0 aliphatic carbocycles. The number of amides is 1. The van der Waals surface area contributed by atoms with E-state index >= 15 is 8.78 Å². The van der Waals surface area contributed by atoms with Crippen molar-refractivity contribution in [1.29, 1.82) is 0 Å². The van der Waals surface area contributed by atoms with E-state index in [9.17, 15) is 4.79 Å². The van der Waals surface area contributed by atoms with Crippen LogP contribution in [0.15, 0.2) is 24.5 Å². The number of piperidine rings is 2. The first-order chi connectivity index (χ1) is 20.0. The fourth-order valence-electron chi connectivity index (χ4n) is 6.31. The Balaban J connectivity index is 1.21. The summed E-state index contributed by atoms with van der Waals surface area (Å²) in [6.07, 6.45) is 6.04. The van der Waals surface area contributed by atoms with Gasteiger partial charge in [0.25, 0.3) is 0 Å². The van der Waals surface area contributed by atoms with Gasteiger partial charge in [-0.05, 0) is 77.3 Å². The number of carbonyl (C=O) groups excluding carboxylic acids is 1. The summed E-state index contributed by atoms with van der Waals surface area (Å²) in [5, 5.41) is 6.55. The van der Waals surface area contributed by atoms with E-state index in [0.29, 0.717) is 50.0 Å². The second-order valence-electron chi connectivity index (χ2n) is 13.4. The van der Waals surface area contributed by atoms with Crippen LogP contribution in [0.25, 0.3) is 0 Å². The van der Waals surface area contributed by atoms with Crippen molar-refractivity contribution in [3.8, 4) is 0 Å². The van der Waals surface area contributed by atoms with E-state index in [2.05, 4.69) is 63.2 Å². The van der Waals surface area contributed by atoms with E-state index in [-0.39, 0.29) is 18.1 Å². The van der Waals surface area contributed by atoms with Crippen LogP contribution in [0.5, 0.6) is 0 Å². The van der Waals surface area contributed by atoms with E-state index in [1.165, 1.54) is 12.1 Å². The van der Waals surface area contributed by atoms with E-state index in [1.807, 2.05) is 6.07 Å². The van der Waals surface area contributed by atoms with E-state index in [1.54, 1.807) is 11.2 Å². The van der Waals surface area contributed by atoms with Crippen LogP contribution >= 0.6 is 0 Å². The zero-order valence-electron chi connectivity index (χ0n) is 25.6. The monoisotopic (exact) mass is 584 g/mol. The molecule has 4 heterocycles. The lowest BCUT2D eigenvalue weighted by Gasteiger charge is -2.48. The lowest BCUT2D eigenvalue weighted by Crippen LogP contribution is -2.66. The van der Waals surface area contributed by atoms with Crippen LogP contribution in [0.1, 0.15) is 51.5 Å². The summed E-state index contributed by atoms with van der Waals surface area (Å²) in [6, 6.07) is 4.57. The molecule has 0 radical (unpaired) electrons. The van der Waals surface area contributed by atoms with Crippen LogP contribution in [0.2, 0.25) is 0 Å². The molecule has 3 saturated heterocycles. The molecule has 0 atom stereocenters. The van der Waals surface area contributed by atoms with Gasteiger partial charge in [0.05, 0.1) is 17.8 Å². The number of benzene rings is 1. The molecule has 230 valence electrons. The van der Waals surface area contributed by atoms with Gasteiger partial charge in [0, 0.05) is 50.4 Å². The number of rotatable bonds is 9. The number of halogens is 2. The lowest BCUT2D eigenvalue weighted by molar-refractivity contribution is -0.123. The average Bonchev–Trinajstić information content (AvgIpc) is 2.94. The highest BCUT2D eigenvalue weighted by Crippen LogP contribution is 2.34. The van der Waals surface area contributed by atoms with Gasteiger partial charge in [-0.2, -0.15) is 0 Å². The number of hydrogen-bond acceptors (Lipinski definition) is 8. The Morgan fingerprint density at radius 3 is 2.43 bits per heavy atom. The standard InChI is InChI=1S/C31H46F2N8O/c1-30(2)6-12-39(13-7-30)19-23-16-25(33)26(17-24(23)32)41-20-29(42)37-31(21-41)8-14-40(15-9-31)28-18-27(35-22-36-28)34-10-5-11-38(3)4/h16-18,22H,5-15,19-21H2,1-4H3,(H,37,42)(H,34,35,36). The minimum atomic E-state index is -0.506. The van der Waals surface area contributed by atoms with Crippen molar-refractivity contribution in [3.05, 3.63) is 41.7 Å².